The molecule has 0 fully saturated rings. The van der Waals surface area contributed by atoms with Crippen molar-refractivity contribution < 1.29 is 42.9 Å². The molecule has 0 bridgehead atoms. The lowest BCUT2D eigenvalue weighted by molar-refractivity contribution is -0.870. The molecule has 0 radical (unpaired) electrons. The number of nitrogens with zero attached hydrogens (tertiary/aromatic N) is 1. The summed E-state index contributed by atoms with van der Waals surface area (Å²) >= 11 is 0. The quantitative estimate of drug-likeness (QED) is 0.0211. The Morgan fingerprint density at radius 1 is 0.413 bits per heavy atom. The van der Waals surface area contributed by atoms with Gasteiger partial charge in [-0.05, 0) is 64.2 Å². The molecule has 75 heavy (non-hydrogen) atoms. The number of hydrogen-bond acceptors (Lipinski definition) is 7. The normalized spacial score (nSPS) is 13.2. The Labute approximate surface area is 462 Å². The number of esters is 2. The average Bonchev–Trinajstić information content (AvgIpc) is 3.38. The van der Waals surface area contributed by atoms with Crippen molar-refractivity contribution in [3.8, 4) is 0 Å². The number of quaternary nitrogens is 1. The van der Waals surface area contributed by atoms with Crippen LogP contribution in [0.25, 0.3) is 0 Å². The number of carbonyl (C=O) groups excluding carboxylic acids is 2. The van der Waals surface area contributed by atoms with Gasteiger partial charge in [0.25, 0.3) is 6.29 Å². The lowest BCUT2D eigenvalue weighted by Gasteiger charge is -2.25. The van der Waals surface area contributed by atoms with Crippen molar-refractivity contribution >= 4 is 17.9 Å². The number of allylic oxidation sites excluding steroid dienone is 12. The summed E-state index contributed by atoms with van der Waals surface area (Å²) in [5.74, 6) is -1.99. The maximum Gasteiger partial charge on any atom is 0.361 e. The largest absolute Gasteiger partial charge is 0.477 e. The number of aliphatic carboxylic acids is 1. The minimum atomic E-state index is -1.51. The molecule has 0 heterocycles. The summed E-state index contributed by atoms with van der Waals surface area (Å²) in [6.07, 6.45) is 71.3. The van der Waals surface area contributed by atoms with E-state index in [9.17, 15) is 19.5 Å². The summed E-state index contributed by atoms with van der Waals surface area (Å²) < 4.78 is 22.9. The van der Waals surface area contributed by atoms with Crippen LogP contribution in [0.5, 0.6) is 0 Å². The zero-order valence-corrected chi connectivity index (χ0v) is 49.4. The standard InChI is InChI=1S/C66H117NO8/c1-6-8-10-12-14-16-18-20-22-24-25-26-27-28-29-30-31-32-33-34-35-36-37-38-39-41-43-45-47-49-51-53-55-57-64(69)75-62(61-74-66(65(70)71)72-59-58-67(3,4)5)60-73-63(68)56-54-52-50-48-46-44-42-40-23-21-19-17-15-13-11-9-7-2/h8,10,14,16,20,22,25-26,28-29,31-32,62,66H,6-7,9,11-13,15,17-19,21,23-24,27,30,33-61H2,1-5H3/p+1/b10-8-,16-14-,22-20-,26-25-,29-28-,32-31-. The maximum absolute atomic E-state index is 12.9. The molecule has 0 aromatic carbocycles. The van der Waals surface area contributed by atoms with Crippen LogP contribution < -0.4 is 0 Å². The van der Waals surface area contributed by atoms with Gasteiger partial charge in [0.1, 0.15) is 13.2 Å². The molecule has 0 spiro atoms. The summed E-state index contributed by atoms with van der Waals surface area (Å²) in [5.41, 5.74) is 0. The van der Waals surface area contributed by atoms with E-state index < -0.39 is 24.3 Å². The van der Waals surface area contributed by atoms with E-state index in [1.807, 2.05) is 21.1 Å². The summed E-state index contributed by atoms with van der Waals surface area (Å²) in [4.78, 5) is 37.5. The van der Waals surface area contributed by atoms with Crippen LogP contribution >= 0.6 is 0 Å². The van der Waals surface area contributed by atoms with Gasteiger partial charge in [-0.3, -0.25) is 9.59 Å². The van der Waals surface area contributed by atoms with Crippen LogP contribution in [0.15, 0.2) is 72.9 Å². The molecule has 434 valence electrons. The van der Waals surface area contributed by atoms with Gasteiger partial charge in [0.05, 0.1) is 34.4 Å². The fourth-order valence-corrected chi connectivity index (χ4v) is 8.72. The van der Waals surface area contributed by atoms with Gasteiger partial charge in [-0.25, -0.2) is 4.79 Å². The monoisotopic (exact) mass is 1050 g/mol. The van der Waals surface area contributed by atoms with Gasteiger partial charge < -0.3 is 28.5 Å². The number of hydrogen-bond donors (Lipinski definition) is 1. The smallest absolute Gasteiger partial charge is 0.361 e. The number of ether oxygens (including phenoxy) is 4. The molecule has 0 saturated heterocycles. The van der Waals surface area contributed by atoms with Crippen LogP contribution in [0.1, 0.15) is 271 Å². The molecule has 0 aliphatic rings. The van der Waals surface area contributed by atoms with E-state index in [0.29, 0.717) is 17.4 Å². The Kier molecular flexibility index (Phi) is 54.4. The molecule has 0 rings (SSSR count). The van der Waals surface area contributed by atoms with Gasteiger partial charge in [0.2, 0.25) is 0 Å². The van der Waals surface area contributed by atoms with Crippen molar-refractivity contribution in [3.05, 3.63) is 72.9 Å². The molecule has 1 N–H and O–H groups in total. The predicted octanol–water partition coefficient (Wildman–Crippen LogP) is 18.6. The SMILES string of the molecule is CC/C=C\C/C=C\C/C=C\C/C=C\C/C=C\C/C=C\CCCCCCCCCCCCCCCCC(=O)OC(COC(=O)CCCCCCCCCCCCCCCCCCC)COC(OCC[N+](C)(C)C)C(=O)O. The number of carboxylic acid groups (broad SMARTS) is 1. The summed E-state index contributed by atoms with van der Waals surface area (Å²) in [7, 11) is 5.97. The second-order valence-electron chi connectivity index (χ2n) is 22.0. The molecular weight excluding hydrogens is 935 g/mol. The van der Waals surface area contributed by atoms with E-state index in [2.05, 4.69) is 86.8 Å². The number of carboxylic acids is 1. The third kappa shape index (κ3) is 58.3. The first-order chi connectivity index (χ1) is 36.6. The Bertz CT molecular complexity index is 1460. The summed E-state index contributed by atoms with van der Waals surface area (Å²) in [6, 6.07) is 0. The molecule has 0 aromatic heterocycles. The first kappa shape index (κ1) is 71.7. The fourth-order valence-electron chi connectivity index (χ4n) is 8.72. The molecule has 2 atom stereocenters. The zero-order valence-electron chi connectivity index (χ0n) is 49.4. The second-order valence-corrected chi connectivity index (χ2v) is 22.0. The lowest BCUT2D eigenvalue weighted by Crippen LogP contribution is -2.40. The van der Waals surface area contributed by atoms with Crippen molar-refractivity contribution in [1.29, 1.82) is 0 Å². The van der Waals surface area contributed by atoms with Gasteiger partial charge in [-0.1, -0.05) is 267 Å². The highest BCUT2D eigenvalue weighted by Gasteiger charge is 2.25. The molecule has 0 aliphatic heterocycles. The number of rotatable bonds is 57. The maximum atomic E-state index is 12.9. The Morgan fingerprint density at radius 3 is 1.13 bits per heavy atom. The summed E-state index contributed by atoms with van der Waals surface area (Å²) in [6.45, 7) is 4.79. The van der Waals surface area contributed by atoms with E-state index in [1.54, 1.807) is 0 Å². The van der Waals surface area contributed by atoms with Crippen LogP contribution in [0.3, 0.4) is 0 Å². The van der Waals surface area contributed by atoms with Gasteiger partial charge in [-0.2, -0.15) is 0 Å². The number of unbranched alkanes of at least 4 members (excludes halogenated alkanes) is 30. The molecular formula is C66H118NO8+. The van der Waals surface area contributed by atoms with Gasteiger partial charge in [0, 0.05) is 12.8 Å². The molecule has 2 unspecified atom stereocenters. The highest BCUT2D eigenvalue weighted by Crippen LogP contribution is 2.17. The third-order valence-corrected chi connectivity index (χ3v) is 13.5. The van der Waals surface area contributed by atoms with Crippen molar-refractivity contribution in [3.63, 3.8) is 0 Å². The Hall–Kier alpha value is -3.27. The Morgan fingerprint density at radius 2 is 0.760 bits per heavy atom. The van der Waals surface area contributed by atoms with Crippen molar-refractivity contribution in [1.82, 2.24) is 0 Å². The highest BCUT2D eigenvalue weighted by molar-refractivity contribution is 5.71. The number of carbonyl (C=O) groups is 3. The van der Waals surface area contributed by atoms with E-state index in [-0.39, 0.29) is 32.2 Å². The van der Waals surface area contributed by atoms with Crippen molar-refractivity contribution in [2.45, 2.75) is 283 Å². The third-order valence-electron chi connectivity index (χ3n) is 13.5. The average molecular weight is 1050 g/mol. The van der Waals surface area contributed by atoms with Gasteiger partial charge >= 0.3 is 17.9 Å². The minimum absolute atomic E-state index is 0.180. The Balaban J connectivity index is 4.13. The van der Waals surface area contributed by atoms with Crippen LogP contribution in [0.4, 0.5) is 0 Å². The van der Waals surface area contributed by atoms with Gasteiger partial charge in [-0.15, -0.1) is 0 Å². The lowest BCUT2D eigenvalue weighted by atomic mass is 10.0. The molecule has 0 aromatic rings. The van der Waals surface area contributed by atoms with E-state index in [0.717, 1.165) is 77.0 Å². The fraction of sp³-hybridized carbons (Fsp3) is 0.773. The molecule has 0 saturated carbocycles. The minimum Gasteiger partial charge on any atom is -0.477 e. The first-order valence-electron chi connectivity index (χ1n) is 31.1. The van der Waals surface area contributed by atoms with Crippen molar-refractivity contribution in [2.75, 3.05) is 47.5 Å². The topological polar surface area (TPSA) is 108 Å². The van der Waals surface area contributed by atoms with Gasteiger partial charge in [0.15, 0.2) is 6.10 Å². The zero-order chi connectivity index (χ0) is 54.8. The summed E-state index contributed by atoms with van der Waals surface area (Å²) in [5, 5.41) is 9.71. The van der Waals surface area contributed by atoms with Crippen molar-refractivity contribution in [2.24, 2.45) is 0 Å². The van der Waals surface area contributed by atoms with Crippen LogP contribution in [0.2, 0.25) is 0 Å². The van der Waals surface area contributed by atoms with E-state index in [1.165, 1.54) is 167 Å². The number of likely N-dealkylation sites (N-methyl/N-ethyl adjacent to an activating group) is 1. The molecule has 0 amide bonds. The van der Waals surface area contributed by atoms with Crippen LogP contribution in [-0.4, -0.2) is 87.4 Å². The first-order valence-corrected chi connectivity index (χ1v) is 31.1. The predicted molar refractivity (Wildman–Crippen MR) is 318 cm³/mol. The van der Waals surface area contributed by atoms with Crippen LogP contribution in [-0.2, 0) is 33.3 Å². The molecule has 9 nitrogen and oxygen atoms in total. The molecule has 0 aliphatic carbocycles. The van der Waals surface area contributed by atoms with E-state index >= 15 is 0 Å². The second kappa shape index (κ2) is 56.9. The molecule has 9 heteroatoms. The van der Waals surface area contributed by atoms with Crippen LogP contribution in [0, 0.1) is 0 Å². The highest BCUT2D eigenvalue weighted by atomic mass is 16.7. The van der Waals surface area contributed by atoms with E-state index in [4.69, 9.17) is 18.9 Å².